The molecule has 0 saturated carbocycles. The maximum Gasteiger partial charge on any atom is 0.320 e. The Morgan fingerprint density at radius 2 is 1.19 bits per heavy atom. The van der Waals surface area contributed by atoms with Crippen LogP contribution >= 0.6 is 0 Å². The topological polar surface area (TPSA) is 303 Å². The second kappa shape index (κ2) is 22.8. The molecular formula is C17H37N5O10. The Kier molecular flexibility index (Phi) is 26.1. The van der Waals surface area contributed by atoms with Gasteiger partial charge in [-0.05, 0) is 32.2 Å². The number of nitrogens with two attached hydrogens (primary N) is 4. The zero-order valence-corrected chi connectivity index (χ0v) is 18.4. The van der Waals surface area contributed by atoms with E-state index in [2.05, 4.69) is 16.8 Å². The Morgan fingerprint density at radius 3 is 1.25 bits per heavy atom. The minimum atomic E-state index is -0.968. The molecule has 0 unspecified atom stereocenters. The van der Waals surface area contributed by atoms with Crippen LogP contribution in [-0.4, -0.2) is 93.1 Å². The van der Waals surface area contributed by atoms with E-state index in [4.69, 9.17) is 37.0 Å². The first kappa shape index (κ1) is 36.5. The van der Waals surface area contributed by atoms with Crippen LogP contribution in [0.25, 0.3) is 0 Å². The molecule has 190 valence electrons. The van der Waals surface area contributed by atoms with Crippen LogP contribution in [0.15, 0.2) is 0 Å². The van der Waals surface area contributed by atoms with Gasteiger partial charge < -0.3 is 53.8 Å². The maximum absolute atomic E-state index is 10.1. The van der Waals surface area contributed by atoms with Crippen molar-refractivity contribution in [2.45, 2.75) is 51.7 Å². The Labute approximate surface area is 185 Å². The molecular weight excluding hydrogens is 434 g/mol. The third-order valence-corrected chi connectivity index (χ3v) is 3.10. The van der Waals surface area contributed by atoms with Crippen molar-refractivity contribution >= 4 is 29.8 Å². The lowest BCUT2D eigenvalue weighted by atomic mass is 10.1. The van der Waals surface area contributed by atoms with Crippen LogP contribution in [0.1, 0.15) is 33.6 Å². The van der Waals surface area contributed by atoms with Crippen LogP contribution in [0.2, 0.25) is 0 Å². The smallest absolute Gasteiger partial charge is 0.320 e. The fourth-order valence-corrected chi connectivity index (χ4v) is 1.18. The summed E-state index contributed by atoms with van der Waals surface area (Å²) in [5.41, 5.74) is 19.1. The normalized spacial score (nSPS) is 15.4. The summed E-state index contributed by atoms with van der Waals surface area (Å²) in [5.74, 6) is -4.53. The first-order chi connectivity index (χ1) is 14.5. The first-order valence-corrected chi connectivity index (χ1v) is 9.31. The summed E-state index contributed by atoms with van der Waals surface area (Å²) in [6.07, 6.45) is 1.78. The third-order valence-electron chi connectivity index (χ3n) is 3.10. The molecule has 3 atom stereocenters. The van der Waals surface area contributed by atoms with Gasteiger partial charge in [-0.3, -0.25) is 24.0 Å². The highest BCUT2D eigenvalue weighted by atomic mass is 16.4. The minimum Gasteiger partial charge on any atom is -0.480 e. The van der Waals surface area contributed by atoms with Gasteiger partial charge in [-0.1, -0.05) is 13.8 Å². The summed E-state index contributed by atoms with van der Waals surface area (Å²) in [7, 11) is 0. The number of rotatable bonds is 6. The first-order valence-electron chi connectivity index (χ1n) is 9.31. The molecule has 15 heteroatoms. The lowest BCUT2D eigenvalue weighted by molar-refractivity contribution is -0.140. The average molecular weight is 472 g/mol. The average Bonchev–Trinajstić information content (AvgIpc) is 3.24. The number of hydrogen-bond acceptors (Lipinski definition) is 10. The number of hydrogen-bond donors (Lipinski definition) is 10. The molecule has 0 aliphatic carbocycles. The van der Waals surface area contributed by atoms with Crippen LogP contribution in [0.3, 0.4) is 0 Å². The highest BCUT2D eigenvalue weighted by Gasteiger charge is 2.20. The SMILES string of the molecule is CC(C)[C@H](N)C(=O)O.C[C@H](N)C(=O)O.NCC(=O)O.NCC(=O)O.O=C(O)[C@@H]1CCCN1. The Bertz CT molecular complexity index is 526. The quantitative estimate of drug-likeness (QED) is 0.189. The number of carbonyl (C=O) groups is 5. The van der Waals surface area contributed by atoms with Crippen molar-refractivity contribution in [2.24, 2.45) is 28.9 Å². The van der Waals surface area contributed by atoms with Crippen molar-refractivity contribution < 1.29 is 49.5 Å². The van der Waals surface area contributed by atoms with E-state index < -0.39 is 41.9 Å². The molecule has 1 fully saturated rings. The Balaban J connectivity index is -0.000000156. The maximum atomic E-state index is 10.1. The molecule has 0 aromatic carbocycles. The van der Waals surface area contributed by atoms with E-state index >= 15 is 0 Å². The number of carboxylic acids is 5. The van der Waals surface area contributed by atoms with Crippen LogP contribution in [0.5, 0.6) is 0 Å². The van der Waals surface area contributed by atoms with Gasteiger partial charge in [0, 0.05) is 0 Å². The minimum absolute atomic E-state index is 0.0208. The molecule has 32 heavy (non-hydrogen) atoms. The summed E-state index contributed by atoms with van der Waals surface area (Å²) in [4.78, 5) is 48.2. The predicted molar refractivity (Wildman–Crippen MR) is 114 cm³/mol. The molecule has 0 aromatic heterocycles. The molecule has 0 radical (unpaired) electrons. The molecule has 0 amide bonds. The van der Waals surface area contributed by atoms with Crippen molar-refractivity contribution in [3.05, 3.63) is 0 Å². The summed E-state index contributed by atoms with van der Waals surface area (Å²) < 4.78 is 0. The summed E-state index contributed by atoms with van der Waals surface area (Å²) in [6, 6.07) is -1.71. The van der Waals surface area contributed by atoms with E-state index in [0.717, 1.165) is 19.4 Å². The van der Waals surface area contributed by atoms with E-state index in [1.807, 2.05) is 0 Å². The molecule has 0 bridgehead atoms. The fourth-order valence-electron chi connectivity index (χ4n) is 1.18. The highest BCUT2D eigenvalue weighted by molar-refractivity contribution is 5.74. The summed E-state index contributed by atoms with van der Waals surface area (Å²) in [6.45, 7) is 5.27. The Hall–Kier alpha value is -2.85. The fraction of sp³-hybridized carbons (Fsp3) is 0.706. The van der Waals surface area contributed by atoms with Crippen LogP contribution in [-0.2, 0) is 24.0 Å². The standard InChI is InChI=1S/C5H9NO2.C5H11NO2.C3H7NO2.2C2H5NO2/c7-5(8)4-2-1-3-6-4;1-3(2)4(6)5(7)8;1-2(4)3(5)6;2*3-1-2(4)5/h4,6H,1-3H2,(H,7,8);3-4H,6H2,1-2H3,(H,7,8);2H,4H2,1H3,(H,5,6);2*1,3H2,(H,4,5)/t2*4-;2-;;/m000../s1. The van der Waals surface area contributed by atoms with Crippen molar-refractivity contribution in [1.29, 1.82) is 0 Å². The molecule has 0 aromatic rings. The second-order valence-electron chi connectivity index (χ2n) is 6.42. The van der Waals surface area contributed by atoms with Gasteiger partial charge in [-0.2, -0.15) is 0 Å². The molecule has 1 heterocycles. The van der Waals surface area contributed by atoms with Crippen molar-refractivity contribution in [3.63, 3.8) is 0 Å². The predicted octanol–water partition coefficient (Wildman–Crippen LogP) is -2.65. The number of carboxylic acid groups (broad SMARTS) is 5. The lowest BCUT2D eigenvalue weighted by Crippen LogP contribution is -2.34. The van der Waals surface area contributed by atoms with Gasteiger partial charge in [-0.15, -0.1) is 0 Å². The van der Waals surface area contributed by atoms with Gasteiger partial charge in [-0.25, -0.2) is 0 Å². The van der Waals surface area contributed by atoms with Gasteiger partial charge in [0.05, 0.1) is 13.1 Å². The van der Waals surface area contributed by atoms with Crippen molar-refractivity contribution in [3.8, 4) is 0 Å². The van der Waals surface area contributed by atoms with Crippen LogP contribution in [0, 0.1) is 5.92 Å². The second-order valence-corrected chi connectivity index (χ2v) is 6.42. The van der Waals surface area contributed by atoms with Gasteiger partial charge in [0.2, 0.25) is 0 Å². The van der Waals surface area contributed by atoms with E-state index in [-0.39, 0.29) is 25.0 Å². The zero-order valence-electron chi connectivity index (χ0n) is 18.4. The number of aliphatic carboxylic acids is 5. The zero-order chi connectivity index (χ0) is 26.4. The summed E-state index contributed by atoms with van der Waals surface area (Å²) >= 11 is 0. The van der Waals surface area contributed by atoms with E-state index in [1.165, 1.54) is 6.92 Å². The third kappa shape index (κ3) is 31.8. The van der Waals surface area contributed by atoms with Gasteiger partial charge >= 0.3 is 29.8 Å². The van der Waals surface area contributed by atoms with Crippen LogP contribution in [0.4, 0.5) is 0 Å². The summed E-state index contributed by atoms with van der Waals surface area (Å²) in [5, 5.41) is 42.5. The van der Waals surface area contributed by atoms with Crippen molar-refractivity contribution in [2.75, 3.05) is 19.6 Å². The lowest BCUT2D eigenvalue weighted by Gasteiger charge is -2.07. The van der Waals surface area contributed by atoms with Crippen molar-refractivity contribution in [1.82, 2.24) is 5.32 Å². The largest absolute Gasteiger partial charge is 0.480 e. The van der Waals surface area contributed by atoms with Gasteiger partial charge in [0.1, 0.15) is 18.1 Å². The van der Waals surface area contributed by atoms with E-state index in [1.54, 1.807) is 13.8 Å². The van der Waals surface area contributed by atoms with E-state index in [9.17, 15) is 24.0 Å². The molecule has 15 nitrogen and oxygen atoms in total. The van der Waals surface area contributed by atoms with Crippen LogP contribution < -0.4 is 28.3 Å². The van der Waals surface area contributed by atoms with Gasteiger partial charge in [0.25, 0.3) is 0 Å². The molecule has 0 spiro atoms. The van der Waals surface area contributed by atoms with E-state index in [0.29, 0.717) is 0 Å². The molecule has 1 saturated heterocycles. The molecule has 14 N–H and O–H groups in total. The molecule has 1 aliphatic rings. The highest BCUT2D eigenvalue weighted by Crippen LogP contribution is 2.03. The molecule has 1 aliphatic heterocycles. The monoisotopic (exact) mass is 471 g/mol. The van der Waals surface area contributed by atoms with Gasteiger partial charge in [0.15, 0.2) is 0 Å². The molecule has 1 rings (SSSR count). The number of nitrogens with one attached hydrogen (secondary N) is 1. The Morgan fingerprint density at radius 1 is 0.844 bits per heavy atom.